The first kappa shape index (κ1) is 20.3. The van der Waals surface area contributed by atoms with Gasteiger partial charge >= 0.3 is 0 Å². The van der Waals surface area contributed by atoms with Gasteiger partial charge in [0.1, 0.15) is 0 Å². The summed E-state index contributed by atoms with van der Waals surface area (Å²) in [6, 6.07) is 17.3. The molecule has 4 rings (SSSR count). The largest absolute Gasteiger partial charge is 0.352 e. The number of amides is 2. The molecule has 2 amide bonds. The average molecular weight is 405 g/mol. The van der Waals surface area contributed by atoms with Gasteiger partial charge in [0.2, 0.25) is 11.8 Å². The topological polar surface area (TPSA) is 75.3 Å². The van der Waals surface area contributed by atoms with Crippen LogP contribution in [0.15, 0.2) is 54.6 Å². The third kappa shape index (κ3) is 4.78. The molecule has 1 aliphatic carbocycles. The van der Waals surface area contributed by atoms with Gasteiger partial charge in [0, 0.05) is 18.2 Å². The Balaban J connectivity index is 1.35. The Kier molecular flexibility index (Phi) is 6.26. The van der Waals surface area contributed by atoms with Gasteiger partial charge in [0.05, 0.1) is 0 Å². The van der Waals surface area contributed by atoms with Gasteiger partial charge < -0.3 is 10.6 Å². The minimum absolute atomic E-state index is 0.166. The number of nitrogens with one attached hydrogen (secondary N) is 2. The van der Waals surface area contributed by atoms with E-state index in [1.54, 1.807) is 0 Å². The van der Waals surface area contributed by atoms with E-state index in [-0.39, 0.29) is 18.2 Å². The van der Waals surface area contributed by atoms with Crippen LogP contribution in [0.1, 0.15) is 55.6 Å². The second-order valence-electron chi connectivity index (χ2n) is 8.44. The van der Waals surface area contributed by atoms with E-state index in [9.17, 15) is 14.4 Å². The van der Waals surface area contributed by atoms with Gasteiger partial charge in [-0.05, 0) is 48.4 Å². The molecule has 0 spiro atoms. The average Bonchev–Trinajstić information content (AvgIpc) is 2.75. The summed E-state index contributed by atoms with van der Waals surface area (Å²) >= 11 is 0. The molecule has 2 fully saturated rings. The smallest absolute Gasteiger partial charge is 0.244 e. The van der Waals surface area contributed by atoms with Gasteiger partial charge in [-0.2, -0.15) is 0 Å². The van der Waals surface area contributed by atoms with Crippen molar-refractivity contribution in [1.29, 1.82) is 0 Å². The van der Waals surface area contributed by atoms with E-state index in [0.717, 1.165) is 5.56 Å². The maximum Gasteiger partial charge on any atom is 0.244 e. The van der Waals surface area contributed by atoms with Crippen molar-refractivity contribution in [3.8, 4) is 0 Å². The van der Waals surface area contributed by atoms with Gasteiger partial charge in [-0.15, -0.1) is 0 Å². The quantitative estimate of drug-likeness (QED) is 0.740. The fourth-order valence-corrected chi connectivity index (χ4v) is 4.62. The lowest BCUT2D eigenvalue weighted by atomic mass is 9.84. The van der Waals surface area contributed by atoms with Crippen LogP contribution < -0.4 is 10.6 Å². The van der Waals surface area contributed by atoms with E-state index in [1.807, 2.05) is 54.6 Å². The van der Waals surface area contributed by atoms with Crippen LogP contribution in [0.4, 0.5) is 5.69 Å². The summed E-state index contributed by atoms with van der Waals surface area (Å²) in [5.41, 5.74) is 2.96. The second kappa shape index (κ2) is 9.24. The molecule has 156 valence electrons. The standard InChI is InChI=1S/C25H28N2O3/c28-22-16-21(15-17-7-3-1-4-8-17)27-25(30)23(22)24(29)26-20-13-11-19(12-14-20)18-9-5-2-6-10-18/h1,3-4,7-8,11-14,18,21,23H,2,5-6,9-10,15-16H2,(H,26,29)(H,27,30). The summed E-state index contributed by atoms with van der Waals surface area (Å²) in [4.78, 5) is 37.7. The minimum atomic E-state index is -1.28. The number of Topliss-reactive ketones (excluding diaryl/α,β-unsaturated/α-hetero) is 1. The zero-order valence-corrected chi connectivity index (χ0v) is 17.1. The van der Waals surface area contributed by atoms with Crippen LogP contribution in [-0.2, 0) is 20.8 Å². The Bertz CT molecular complexity index is 884. The lowest BCUT2D eigenvalue weighted by Gasteiger charge is -2.27. The summed E-state index contributed by atoms with van der Waals surface area (Å²) in [5, 5.41) is 5.59. The number of benzene rings is 2. The zero-order chi connectivity index (χ0) is 20.9. The Morgan fingerprint density at radius 3 is 2.30 bits per heavy atom. The highest BCUT2D eigenvalue weighted by molar-refractivity contribution is 6.22. The SMILES string of the molecule is O=C1CC(Cc2ccccc2)NC(=O)C1C(=O)Nc1ccc(C2CCCCC2)cc1. The van der Waals surface area contributed by atoms with Gasteiger partial charge in [-0.3, -0.25) is 14.4 Å². The zero-order valence-electron chi connectivity index (χ0n) is 17.1. The molecule has 1 saturated carbocycles. The van der Waals surface area contributed by atoms with Gasteiger partial charge in [0.25, 0.3) is 0 Å². The molecule has 1 saturated heterocycles. The fraction of sp³-hybridized carbons (Fsp3) is 0.400. The first-order valence-corrected chi connectivity index (χ1v) is 10.9. The third-order valence-electron chi connectivity index (χ3n) is 6.22. The number of hydrogen-bond donors (Lipinski definition) is 2. The Labute approximate surface area is 177 Å². The molecule has 1 heterocycles. The normalized spacial score (nSPS) is 22.4. The van der Waals surface area contributed by atoms with E-state index in [4.69, 9.17) is 0 Å². The fourth-order valence-electron chi connectivity index (χ4n) is 4.62. The predicted octanol–water partition coefficient (Wildman–Crippen LogP) is 3.99. The van der Waals surface area contributed by atoms with Crippen molar-refractivity contribution in [3.63, 3.8) is 0 Å². The van der Waals surface area contributed by atoms with Crippen LogP contribution in [0.5, 0.6) is 0 Å². The minimum Gasteiger partial charge on any atom is -0.352 e. The van der Waals surface area contributed by atoms with Crippen LogP contribution >= 0.6 is 0 Å². The van der Waals surface area contributed by atoms with Gasteiger partial charge in [-0.25, -0.2) is 0 Å². The van der Waals surface area contributed by atoms with Crippen molar-refractivity contribution in [2.45, 2.75) is 56.9 Å². The Morgan fingerprint density at radius 2 is 1.63 bits per heavy atom. The molecule has 2 N–H and O–H groups in total. The van der Waals surface area contributed by atoms with Crippen LogP contribution in [0, 0.1) is 5.92 Å². The molecular formula is C25H28N2O3. The number of anilines is 1. The number of carbonyl (C=O) groups is 3. The molecule has 5 nitrogen and oxygen atoms in total. The Hall–Kier alpha value is -2.95. The molecule has 0 radical (unpaired) electrons. The summed E-state index contributed by atoms with van der Waals surface area (Å²) in [5.74, 6) is -2.08. The highest BCUT2D eigenvalue weighted by Gasteiger charge is 2.40. The van der Waals surface area contributed by atoms with Crippen LogP contribution in [0.2, 0.25) is 0 Å². The maximum atomic E-state index is 12.6. The summed E-state index contributed by atoms with van der Waals surface area (Å²) in [6.45, 7) is 0. The van der Waals surface area contributed by atoms with E-state index in [1.165, 1.54) is 37.7 Å². The van der Waals surface area contributed by atoms with E-state index >= 15 is 0 Å². The monoisotopic (exact) mass is 404 g/mol. The highest BCUT2D eigenvalue weighted by Crippen LogP contribution is 2.33. The summed E-state index contributed by atoms with van der Waals surface area (Å²) < 4.78 is 0. The molecule has 2 atom stereocenters. The van der Waals surface area contributed by atoms with Crippen LogP contribution in [0.3, 0.4) is 0 Å². The van der Waals surface area contributed by atoms with Crippen LogP contribution in [-0.4, -0.2) is 23.6 Å². The van der Waals surface area contributed by atoms with Crippen molar-refractivity contribution < 1.29 is 14.4 Å². The molecule has 2 aliphatic rings. The van der Waals surface area contributed by atoms with E-state index in [2.05, 4.69) is 10.6 Å². The summed E-state index contributed by atoms with van der Waals surface area (Å²) in [6.07, 6.45) is 7.03. The summed E-state index contributed by atoms with van der Waals surface area (Å²) in [7, 11) is 0. The van der Waals surface area contributed by atoms with Gasteiger partial charge in [-0.1, -0.05) is 61.7 Å². The van der Waals surface area contributed by atoms with Crippen molar-refractivity contribution in [2.24, 2.45) is 5.92 Å². The Morgan fingerprint density at radius 1 is 0.933 bits per heavy atom. The molecule has 2 unspecified atom stereocenters. The lowest BCUT2D eigenvalue weighted by Crippen LogP contribution is -2.53. The van der Waals surface area contributed by atoms with Gasteiger partial charge in [0.15, 0.2) is 11.7 Å². The molecule has 30 heavy (non-hydrogen) atoms. The molecule has 1 aliphatic heterocycles. The van der Waals surface area contributed by atoms with Crippen molar-refractivity contribution in [3.05, 3.63) is 65.7 Å². The molecule has 2 aromatic rings. The molecule has 0 aromatic heterocycles. The van der Waals surface area contributed by atoms with Crippen LogP contribution in [0.25, 0.3) is 0 Å². The first-order valence-electron chi connectivity index (χ1n) is 10.9. The molecule has 2 aromatic carbocycles. The third-order valence-corrected chi connectivity index (χ3v) is 6.22. The van der Waals surface area contributed by atoms with E-state index < -0.39 is 17.7 Å². The lowest BCUT2D eigenvalue weighted by molar-refractivity contribution is -0.143. The van der Waals surface area contributed by atoms with E-state index in [0.29, 0.717) is 18.0 Å². The highest BCUT2D eigenvalue weighted by atomic mass is 16.2. The molecule has 0 bridgehead atoms. The number of carbonyl (C=O) groups excluding carboxylic acids is 3. The maximum absolute atomic E-state index is 12.6. The molecule has 5 heteroatoms. The predicted molar refractivity (Wildman–Crippen MR) is 116 cm³/mol. The number of piperidine rings is 1. The van der Waals surface area contributed by atoms with Crippen molar-refractivity contribution in [2.75, 3.05) is 5.32 Å². The number of ketones is 1. The van der Waals surface area contributed by atoms with Crippen molar-refractivity contribution >= 4 is 23.3 Å². The number of rotatable bonds is 5. The van der Waals surface area contributed by atoms with Crippen molar-refractivity contribution in [1.82, 2.24) is 5.32 Å². The first-order chi connectivity index (χ1) is 14.6. The second-order valence-corrected chi connectivity index (χ2v) is 8.44. The molecular weight excluding hydrogens is 376 g/mol. The number of hydrogen-bond acceptors (Lipinski definition) is 3.